The van der Waals surface area contributed by atoms with Crippen molar-refractivity contribution in [2.24, 2.45) is 0 Å². The molecule has 4 heteroatoms. The van der Waals surface area contributed by atoms with Crippen LogP contribution >= 0.6 is 11.6 Å². The first-order valence-electron chi connectivity index (χ1n) is 5.94. The fraction of sp³-hybridized carbons (Fsp3) is 0.200. The molecule has 1 N–H and O–H groups in total. The van der Waals surface area contributed by atoms with E-state index in [2.05, 4.69) is 22.1 Å². The Kier molecular flexibility index (Phi) is 4.38. The van der Waals surface area contributed by atoms with Gasteiger partial charge in [0.25, 0.3) is 0 Å². The van der Waals surface area contributed by atoms with Crippen molar-refractivity contribution in [3.8, 4) is 11.8 Å². The number of benzene rings is 1. The van der Waals surface area contributed by atoms with E-state index in [1.54, 1.807) is 6.20 Å². The van der Waals surface area contributed by atoms with Gasteiger partial charge in [-0.1, -0.05) is 29.5 Å². The molecule has 0 radical (unpaired) electrons. The smallest absolute Gasteiger partial charge is 0.216 e. The Morgan fingerprint density at radius 1 is 1.42 bits per heavy atom. The molecular weight excluding hydrogens is 260 g/mol. The van der Waals surface area contributed by atoms with Gasteiger partial charge in [0.05, 0.1) is 5.52 Å². The zero-order chi connectivity index (χ0) is 13.7. The van der Waals surface area contributed by atoms with Gasteiger partial charge in [0.15, 0.2) is 0 Å². The van der Waals surface area contributed by atoms with Crippen molar-refractivity contribution < 1.29 is 4.79 Å². The number of carbonyl (C=O) groups is 1. The number of carbonyl (C=O) groups excluding carboxylic acids is 1. The largest absolute Gasteiger partial charge is 0.355 e. The molecule has 96 valence electrons. The molecule has 0 atom stereocenters. The molecule has 0 bridgehead atoms. The van der Waals surface area contributed by atoms with Gasteiger partial charge in [-0.15, -0.1) is 0 Å². The number of nitrogens with zero attached hydrogens (tertiary/aromatic N) is 1. The van der Waals surface area contributed by atoms with Crippen molar-refractivity contribution in [2.75, 3.05) is 6.54 Å². The summed E-state index contributed by atoms with van der Waals surface area (Å²) in [5, 5.41) is 4.35. The topological polar surface area (TPSA) is 42.0 Å². The van der Waals surface area contributed by atoms with Gasteiger partial charge >= 0.3 is 0 Å². The van der Waals surface area contributed by atoms with Crippen molar-refractivity contribution in [3.05, 3.63) is 41.0 Å². The summed E-state index contributed by atoms with van der Waals surface area (Å²) in [5.74, 6) is 6.10. The third-order valence-electron chi connectivity index (χ3n) is 2.55. The summed E-state index contributed by atoms with van der Waals surface area (Å²) in [6.07, 6.45) is 2.34. The highest BCUT2D eigenvalue weighted by atomic mass is 35.5. The van der Waals surface area contributed by atoms with Gasteiger partial charge in [0, 0.05) is 42.1 Å². The average Bonchev–Trinajstić information content (AvgIpc) is 2.37. The maximum atomic E-state index is 10.7. The van der Waals surface area contributed by atoms with Crippen LogP contribution in [0, 0.1) is 11.8 Å². The summed E-state index contributed by atoms with van der Waals surface area (Å²) in [7, 11) is 0. The first-order valence-corrected chi connectivity index (χ1v) is 6.32. The predicted molar refractivity (Wildman–Crippen MR) is 76.9 cm³/mol. The second kappa shape index (κ2) is 6.21. The van der Waals surface area contributed by atoms with E-state index in [0.29, 0.717) is 18.0 Å². The van der Waals surface area contributed by atoms with Gasteiger partial charge in [0.1, 0.15) is 0 Å². The SMILES string of the molecule is CC(=O)NCCC#Cc1ccnc2cc(Cl)ccc12. The Labute approximate surface area is 117 Å². The van der Waals surface area contributed by atoms with Crippen LogP contribution in [0.4, 0.5) is 0 Å². The zero-order valence-corrected chi connectivity index (χ0v) is 11.3. The van der Waals surface area contributed by atoms with E-state index in [9.17, 15) is 4.79 Å². The Bertz CT molecular complexity index is 671. The summed E-state index contributed by atoms with van der Waals surface area (Å²) in [6.45, 7) is 2.06. The van der Waals surface area contributed by atoms with Crippen LogP contribution in [-0.4, -0.2) is 17.4 Å². The molecule has 0 saturated carbocycles. The Morgan fingerprint density at radius 2 is 2.26 bits per heavy atom. The lowest BCUT2D eigenvalue weighted by Crippen LogP contribution is -2.20. The van der Waals surface area contributed by atoms with E-state index in [0.717, 1.165) is 16.5 Å². The molecule has 0 aliphatic rings. The molecule has 2 rings (SSSR count). The lowest BCUT2D eigenvalue weighted by molar-refractivity contribution is -0.118. The van der Waals surface area contributed by atoms with Crippen LogP contribution < -0.4 is 5.32 Å². The second-order valence-electron chi connectivity index (χ2n) is 4.05. The number of amides is 1. The maximum Gasteiger partial charge on any atom is 0.216 e. The molecule has 3 nitrogen and oxygen atoms in total. The fourth-order valence-corrected chi connectivity index (χ4v) is 1.86. The van der Waals surface area contributed by atoms with E-state index in [-0.39, 0.29) is 5.91 Å². The Morgan fingerprint density at radius 3 is 3.05 bits per heavy atom. The van der Waals surface area contributed by atoms with Crippen LogP contribution in [0.15, 0.2) is 30.5 Å². The van der Waals surface area contributed by atoms with Crippen LogP contribution in [0.25, 0.3) is 10.9 Å². The van der Waals surface area contributed by atoms with Gasteiger partial charge in [-0.2, -0.15) is 0 Å². The predicted octanol–water partition coefficient (Wildman–Crippen LogP) is 2.77. The molecule has 0 spiro atoms. The van der Waals surface area contributed by atoms with Gasteiger partial charge in [-0.25, -0.2) is 0 Å². The highest BCUT2D eigenvalue weighted by molar-refractivity contribution is 6.31. The van der Waals surface area contributed by atoms with Crippen molar-refractivity contribution in [3.63, 3.8) is 0 Å². The molecule has 19 heavy (non-hydrogen) atoms. The number of aromatic nitrogens is 1. The molecule has 0 fully saturated rings. The normalized spacial score (nSPS) is 9.79. The summed E-state index contributed by atoms with van der Waals surface area (Å²) < 4.78 is 0. The summed E-state index contributed by atoms with van der Waals surface area (Å²) in [4.78, 5) is 15.0. The number of halogens is 1. The third kappa shape index (κ3) is 3.70. The average molecular weight is 273 g/mol. The molecule has 0 saturated heterocycles. The minimum Gasteiger partial charge on any atom is -0.355 e. The third-order valence-corrected chi connectivity index (χ3v) is 2.79. The highest BCUT2D eigenvalue weighted by Crippen LogP contribution is 2.20. The van der Waals surface area contributed by atoms with Crippen molar-refractivity contribution >= 4 is 28.4 Å². The van der Waals surface area contributed by atoms with Gasteiger partial charge in [-0.05, 0) is 18.2 Å². The van der Waals surface area contributed by atoms with Crippen LogP contribution in [-0.2, 0) is 4.79 Å². The number of nitrogens with one attached hydrogen (secondary N) is 1. The molecule has 1 heterocycles. The molecule has 0 aliphatic carbocycles. The number of hydrogen-bond donors (Lipinski definition) is 1. The van der Waals surface area contributed by atoms with Gasteiger partial charge < -0.3 is 5.32 Å². The Hall–Kier alpha value is -2.05. The van der Waals surface area contributed by atoms with Crippen molar-refractivity contribution in [1.29, 1.82) is 0 Å². The first-order chi connectivity index (χ1) is 9.16. The summed E-state index contributed by atoms with van der Waals surface area (Å²) in [6, 6.07) is 7.44. The lowest BCUT2D eigenvalue weighted by atomic mass is 10.1. The number of pyridine rings is 1. The standard InChI is InChI=1S/C15H13ClN2O/c1-11(19)17-8-3-2-4-12-7-9-18-15-10-13(16)5-6-14(12)15/h5-7,9-10H,3,8H2,1H3,(H,17,19). The van der Waals surface area contributed by atoms with Crippen molar-refractivity contribution in [1.82, 2.24) is 10.3 Å². The number of fused-ring (bicyclic) bond motifs is 1. The summed E-state index contributed by atoms with van der Waals surface area (Å²) >= 11 is 5.93. The van der Waals surface area contributed by atoms with E-state index in [1.807, 2.05) is 24.3 Å². The molecule has 1 aromatic carbocycles. The molecule has 0 aliphatic heterocycles. The van der Waals surface area contributed by atoms with Crippen LogP contribution in [0.1, 0.15) is 18.9 Å². The highest BCUT2D eigenvalue weighted by Gasteiger charge is 1.99. The fourth-order valence-electron chi connectivity index (χ4n) is 1.69. The van der Waals surface area contributed by atoms with Crippen LogP contribution in [0.3, 0.4) is 0 Å². The van der Waals surface area contributed by atoms with Crippen LogP contribution in [0.2, 0.25) is 5.02 Å². The maximum absolute atomic E-state index is 10.7. The zero-order valence-electron chi connectivity index (χ0n) is 10.5. The second-order valence-corrected chi connectivity index (χ2v) is 4.49. The molecule has 0 unspecified atom stereocenters. The summed E-state index contributed by atoms with van der Waals surface area (Å²) in [5.41, 5.74) is 1.76. The Balaban J connectivity index is 2.17. The minimum absolute atomic E-state index is 0.0363. The molecule has 1 amide bonds. The first kappa shape index (κ1) is 13.4. The van der Waals surface area contributed by atoms with E-state index in [4.69, 9.17) is 11.6 Å². The molecule has 1 aromatic heterocycles. The van der Waals surface area contributed by atoms with E-state index in [1.165, 1.54) is 6.92 Å². The van der Waals surface area contributed by atoms with E-state index >= 15 is 0 Å². The van der Waals surface area contributed by atoms with Crippen molar-refractivity contribution in [2.45, 2.75) is 13.3 Å². The quantitative estimate of drug-likeness (QED) is 0.675. The number of rotatable bonds is 2. The minimum atomic E-state index is -0.0363. The lowest BCUT2D eigenvalue weighted by Gasteiger charge is -2.00. The van der Waals surface area contributed by atoms with E-state index < -0.39 is 0 Å². The molecular formula is C15H13ClN2O. The van der Waals surface area contributed by atoms with Gasteiger partial charge in [0.2, 0.25) is 5.91 Å². The monoisotopic (exact) mass is 272 g/mol. The number of hydrogen-bond acceptors (Lipinski definition) is 2. The van der Waals surface area contributed by atoms with Gasteiger partial charge in [-0.3, -0.25) is 9.78 Å². The van der Waals surface area contributed by atoms with Crippen LogP contribution in [0.5, 0.6) is 0 Å². The molecule has 2 aromatic rings.